The number of nitrogens with zero attached hydrogens (tertiary/aromatic N) is 2. The Morgan fingerprint density at radius 2 is 2.20 bits per heavy atom. The van der Waals surface area contributed by atoms with E-state index >= 15 is 0 Å². The first kappa shape index (κ1) is 8.69. The molecule has 4 heteroatoms. The molecule has 0 bridgehead atoms. The van der Waals surface area contributed by atoms with Gasteiger partial charge in [0, 0.05) is 43.5 Å². The van der Waals surface area contributed by atoms with Gasteiger partial charge in [0.25, 0.3) is 0 Å². The second kappa shape index (κ2) is 3.52. The summed E-state index contributed by atoms with van der Waals surface area (Å²) in [5.74, 6) is 0. The van der Waals surface area contributed by atoms with E-state index in [0.29, 0.717) is 8.73 Å². The van der Waals surface area contributed by atoms with Crippen molar-refractivity contribution in [1.82, 2.24) is 14.3 Å². The molecule has 0 amide bonds. The highest BCUT2D eigenvalue weighted by Crippen LogP contribution is 2.20. The predicted octanol–water partition coefficient (Wildman–Crippen LogP) is 2.13. The van der Waals surface area contributed by atoms with Crippen LogP contribution in [0.15, 0.2) is 49.2 Å². The first-order valence-electron chi connectivity index (χ1n) is 4.74. The molecule has 0 aliphatic heterocycles. The fraction of sp³-hybridized carbons (Fsp3) is 0. The number of H-pyrrole nitrogens is 1. The molecule has 1 N–H and O–H groups in total. The summed E-state index contributed by atoms with van der Waals surface area (Å²) in [4.78, 5) is 7.32. The van der Waals surface area contributed by atoms with E-state index in [9.17, 15) is 0 Å². The first-order valence-corrected chi connectivity index (χ1v) is 5.69. The topological polar surface area (TPSA) is 33.6 Å². The Morgan fingerprint density at radius 1 is 1.27 bits per heavy atom. The maximum absolute atomic E-state index is 4.04. The average molecular weight is 215 g/mol. The molecule has 3 rings (SSSR count). The Kier molecular flexibility index (Phi) is 2.04. The number of aromatic nitrogens is 3. The summed E-state index contributed by atoms with van der Waals surface area (Å²) in [6, 6.07) is 8.35. The van der Waals surface area contributed by atoms with Gasteiger partial charge in [-0.05, 0) is 6.07 Å². The van der Waals surface area contributed by atoms with Gasteiger partial charge in [0.15, 0.2) is 0 Å². The SMILES string of the molecule is c1ccc2c(Pn3ccnc3)c[nH]c2c1. The largest absolute Gasteiger partial charge is 0.360 e. The Balaban J connectivity index is 2.05. The van der Waals surface area contributed by atoms with Crippen molar-refractivity contribution in [2.75, 3.05) is 0 Å². The van der Waals surface area contributed by atoms with Crippen LogP contribution >= 0.6 is 8.73 Å². The minimum Gasteiger partial charge on any atom is -0.360 e. The first-order chi connectivity index (χ1) is 7.43. The molecule has 0 saturated carbocycles. The van der Waals surface area contributed by atoms with E-state index in [2.05, 4.69) is 38.7 Å². The molecule has 3 nitrogen and oxygen atoms in total. The zero-order chi connectivity index (χ0) is 10.1. The minimum atomic E-state index is 0.602. The predicted molar refractivity (Wildman–Crippen MR) is 63.9 cm³/mol. The fourth-order valence-corrected chi connectivity index (χ4v) is 2.65. The standard InChI is InChI=1S/C11H10N3P/c1-2-4-10-9(3-1)11(7-13-10)15-14-6-5-12-8-14/h1-8,13,15H. The molecule has 0 aliphatic carbocycles. The molecule has 2 heterocycles. The van der Waals surface area contributed by atoms with Crippen molar-refractivity contribution in [2.45, 2.75) is 0 Å². The molecule has 3 aromatic rings. The molecule has 0 fully saturated rings. The Hall–Kier alpha value is -1.60. The minimum absolute atomic E-state index is 0.602. The van der Waals surface area contributed by atoms with Crippen LogP contribution in [-0.4, -0.2) is 14.3 Å². The molecule has 2 aromatic heterocycles. The van der Waals surface area contributed by atoms with Crippen molar-refractivity contribution in [3.8, 4) is 0 Å². The van der Waals surface area contributed by atoms with Gasteiger partial charge in [0.1, 0.15) is 0 Å². The lowest BCUT2D eigenvalue weighted by Gasteiger charge is -1.99. The normalized spacial score (nSPS) is 11.7. The summed E-state index contributed by atoms with van der Waals surface area (Å²) in [6.45, 7) is 0. The maximum Gasteiger partial charge on any atom is 0.0980 e. The van der Waals surface area contributed by atoms with Crippen LogP contribution in [0, 0.1) is 0 Å². The summed E-state index contributed by atoms with van der Waals surface area (Å²) >= 11 is 0. The zero-order valence-corrected chi connectivity index (χ0v) is 9.01. The number of hydrogen-bond donors (Lipinski definition) is 1. The van der Waals surface area contributed by atoms with Gasteiger partial charge < -0.3 is 9.32 Å². The van der Waals surface area contributed by atoms with Crippen molar-refractivity contribution in [2.24, 2.45) is 0 Å². The summed E-state index contributed by atoms with van der Waals surface area (Å²) < 4.78 is 2.09. The van der Waals surface area contributed by atoms with E-state index in [1.165, 1.54) is 16.2 Å². The lowest BCUT2D eigenvalue weighted by Crippen LogP contribution is -1.93. The van der Waals surface area contributed by atoms with Gasteiger partial charge in [0.05, 0.1) is 6.33 Å². The van der Waals surface area contributed by atoms with Crippen LogP contribution in [0.5, 0.6) is 0 Å². The molecular formula is C11H10N3P. The van der Waals surface area contributed by atoms with Crippen LogP contribution in [0.25, 0.3) is 10.9 Å². The summed E-state index contributed by atoms with van der Waals surface area (Å²) in [6.07, 6.45) is 7.71. The number of imidazole rings is 1. The Morgan fingerprint density at radius 3 is 3.07 bits per heavy atom. The highest BCUT2D eigenvalue weighted by Gasteiger charge is 2.02. The van der Waals surface area contributed by atoms with Crippen LogP contribution in [-0.2, 0) is 0 Å². The Labute approximate surface area is 89.0 Å². The highest BCUT2D eigenvalue weighted by atomic mass is 31.1. The van der Waals surface area contributed by atoms with Crippen molar-refractivity contribution >= 4 is 24.9 Å². The van der Waals surface area contributed by atoms with E-state index in [-0.39, 0.29) is 0 Å². The molecule has 0 spiro atoms. The molecule has 0 radical (unpaired) electrons. The van der Waals surface area contributed by atoms with Gasteiger partial charge in [-0.2, -0.15) is 0 Å². The smallest absolute Gasteiger partial charge is 0.0980 e. The van der Waals surface area contributed by atoms with Gasteiger partial charge in [-0.25, -0.2) is 4.98 Å². The molecule has 0 saturated heterocycles. The van der Waals surface area contributed by atoms with Crippen molar-refractivity contribution < 1.29 is 0 Å². The van der Waals surface area contributed by atoms with Gasteiger partial charge in [-0.1, -0.05) is 18.2 Å². The van der Waals surface area contributed by atoms with E-state index in [0.717, 1.165) is 0 Å². The summed E-state index contributed by atoms with van der Waals surface area (Å²) in [5.41, 5.74) is 1.19. The van der Waals surface area contributed by atoms with Crippen LogP contribution in [0.4, 0.5) is 0 Å². The van der Waals surface area contributed by atoms with Crippen molar-refractivity contribution in [3.05, 3.63) is 49.2 Å². The number of rotatable bonds is 2. The quantitative estimate of drug-likeness (QED) is 0.653. The van der Waals surface area contributed by atoms with E-state index in [1.807, 2.05) is 24.8 Å². The van der Waals surface area contributed by atoms with E-state index < -0.39 is 0 Å². The molecule has 1 aromatic carbocycles. The third kappa shape index (κ3) is 1.55. The van der Waals surface area contributed by atoms with Crippen molar-refractivity contribution in [1.29, 1.82) is 0 Å². The lowest BCUT2D eigenvalue weighted by molar-refractivity contribution is 1.23. The number of fused-ring (bicyclic) bond motifs is 1. The zero-order valence-electron chi connectivity index (χ0n) is 8.01. The van der Waals surface area contributed by atoms with Crippen LogP contribution in [0.3, 0.4) is 0 Å². The number of para-hydroxylation sites is 1. The maximum atomic E-state index is 4.04. The molecular weight excluding hydrogens is 205 g/mol. The number of hydrogen-bond acceptors (Lipinski definition) is 1. The third-order valence-electron chi connectivity index (χ3n) is 2.34. The highest BCUT2D eigenvalue weighted by molar-refractivity contribution is 7.46. The molecule has 15 heavy (non-hydrogen) atoms. The Bertz CT molecular complexity index is 568. The molecule has 0 aliphatic rings. The third-order valence-corrected chi connectivity index (χ3v) is 3.52. The van der Waals surface area contributed by atoms with Gasteiger partial charge in [-0.15, -0.1) is 0 Å². The van der Waals surface area contributed by atoms with Crippen LogP contribution < -0.4 is 5.30 Å². The lowest BCUT2D eigenvalue weighted by atomic mass is 10.2. The second-order valence-corrected chi connectivity index (χ2v) is 4.61. The monoisotopic (exact) mass is 215 g/mol. The van der Waals surface area contributed by atoms with Gasteiger partial charge >= 0.3 is 0 Å². The summed E-state index contributed by atoms with van der Waals surface area (Å²) in [7, 11) is 0.602. The van der Waals surface area contributed by atoms with Crippen molar-refractivity contribution in [3.63, 3.8) is 0 Å². The van der Waals surface area contributed by atoms with Crippen LogP contribution in [0.2, 0.25) is 0 Å². The summed E-state index contributed by atoms with van der Waals surface area (Å²) in [5, 5.41) is 2.62. The van der Waals surface area contributed by atoms with Gasteiger partial charge in [-0.3, -0.25) is 0 Å². The average Bonchev–Trinajstić information content (AvgIpc) is 2.89. The number of benzene rings is 1. The molecule has 74 valence electrons. The van der Waals surface area contributed by atoms with E-state index in [1.54, 1.807) is 0 Å². The number of nitrogens with one attached hydrogen (secondary N) is 1. The van der Waals surface area contributed by atoms with Gasteiger partial charge in [0.2, 0.25) is 0 Å². The number of aromatic amines is 1. The second-order valence-electron chi connectivity index (χ2n) is 3.33. The fourth-order valence-electron chi connectivity index (χ4n) is 1.63. The molecule has 1 unspecified atom stereocenters. The molecule has 1 atom stereocenters. The van der Waals surface area contributed by atoms with Crippen LogP contribution in [0.1, 0.15) is 0 Å². The van der Waals surface area contributed by atoms with E-state index in [4.69, 9.17) is 0 Å².